The number of carbonyl (C=O) groups excluding carboxylic acids is 2. The van der Waals surface area contributed by atoms with Crippen molar-refractivity contribution in [3.05, 3.63) is 35.9 Å². The van der Waals surface area contributed by atoms with Crippen molar-refractivity contribution in [2.24, 2.45) is 11.8 Å². The summed E-state index contributed by atoms with van der Waals surface area (Å²) in [6.07, 6.45) is 2.34. The molecule has 0 aromatic heterocycles. The van der Waals surface area contributed by atoms with Gasteiger partial charge in [0.15, 0.2) is 0 Å². The molecule has 5 heteroatoms. The van der Waals surface area contributed by atoms with Crippen molar-refractivity contribution >= 4 is 12.0 Å². The third-order valence-electron chi connectivity index (χ3n) is 4.98. The standard InChI is InChI=1S/C22H34N2O3/c1-17(15-18-9-7-6-8-10-18)20(25)23(5)16-19-11-13-24(14-12-19)21(26)27-22(2,3)4/h6-10,17,19H,11-16H2,1-5H3. The largest absolute Gasteiger partial charge is 0.444 e. The molecule has 1 unspecified atom stereocenters. The van der Waals surface area contributed by atoms with Crippen molar-refractivity contribution in [1.82, 2.24) is 9.80 Å². The second-order valence-electron chi connectivity index (χ2n) is 8.72. The van der Waals surface area contributed by atoms with Crippen LogP contribution in [0, 0.1) is 11.8 Å². The van der Waals surface area contributed by atoms with Crippen molar-refractivity contribution < 1.29 is 14.3 Å². The van der Waals surface area contributed by atoms with Gasteiger partial charge in [-0.3, -0.25) is 4.79 Å². The molecule has 150 valence electrons. The minimum atomic E-state index is -0.463. The fourth-order valence-electron chi connectivity index (χ4n) is 3.53. The molecule has 1 aliphatic rings. The zero-order valence-electron chi connectivity index (χ0n) is 17.4. The van der Waals surface area contributed by atoms with Crippen LogP contribution < -0.4 is 0 Å². The molecule has 1 saturated heterocycles. The molecule has 1 aromatic rings. The van der Waals surface area contributed by atoms with Crippen LogP contribution in [0.2, 0.25) is 0 Å². The Bertz CT molecular complexity index is 616. The molecule has 5 nitrogen and oxygen atoms in total. The number of benzene rings is 1. The highest BCUT2D eigenvalue weighted by molar-refractivity contribution is 5.78. The smallest absolute Gasteiger partial charge is 0.410 e. The van der Waals surface area contributed by atoms with E-state index in [0.717, 1.165) is 25.8 Å². The average Bonchev–Trinajstić information content (AvgIpc) is 2.61. The first-order valence-corrected chi connectivity index (χ1v) is 9.92. The van der Waals surface area contributed by atoms with Crippen LogP contribution in [0.3, 0.4) is 0 Å². The lowest BCUT2D eigenvalue weighted by molar-refractivity contribution is -0.134. The van der Waals surface area contributed by atoms with E-state index in [-0.39, 0.29) is 17.9 Å². The lowest BCUT2D eigenvalue weighted by atomic mass is 9.95. The van der Waals surface area contributed by atoms with E-state index in [1.807, 2.05) is 57.8 Å². The summed E-state index contributed by atoms with van der Waals surface area (Å²) >= 11 is 0. The van der Waals surface area contributed by atoms with Gasteiger partial charge in [0.2, 0.25) is 5.91 Å². The van der Waals surface area contributed by atoms with Crippen molar-refractivity contribution in [1.29, 1.82) is 0 Å². The molecule has 0 aliphatic carbocycles. The van der Waals surface area contributed by atoms with E-state index in [0.29, 0.717) is 19.0 Å². The molecule has 1 fully saturated rings. The molecule has 0 N–H and O–H groups in total. The van der Waals surface area contributed by atoms with Crippen molar-refractivity contribution in [3.8, 4) is 0 Å². The zero-order valence-corrected chi connectivity index (χ0v) is 17.4. The summed E-state index contributed by atoms with van der Waals surface area (Å²) in [5.74, 6) is 0.592. The number of amides is 2. The molecule has 1 atom stereocenters. The molecule has 2 amide bonds. The van der Waals surface area contributed by atoms with Crippen molar-refractivity contribution in [3.63, 3.8) is 0 Å². The van der Waals surface area contributed by atoms with Gasteiger partial charge in [0.05, 0.1) is 0 Å². The summed E-state index contributed by atoms with van der Waals surface area (Å²) in [5.41, 5.74) is 0.729. The van der Waals surface area contributed by atoms with Gasteiger partial charge in [-0.25, -0.2) is 4.79 Å². The monoisotopic (exact) mass is 374 g/mol. The van der Waals surface area contributed by atoms with Crippen molar-refractivity contribution in [2.45, 2.75) is 52.6 Å². The van der Waals surface area contributed by atoms with Crippen LogP contribution >= 0.6 is 0 Å². The minimum Gasteiger partial charge on any atom is -0.444 e. The van der Waals surface area contributed by atoms with Crippen LogP contribution in [0.5, 0.6) is 0 Å². The van der Waals surface area contributed by atoms with Gasteiger partial charge >= 0.3 is 6.09 Å². The molecule has 0 saturated carbocycles. The van der Waals surface area contributed by atoms with E-state index in [1.54, 1.807) is 4.90 Å². The average molecular weight is 375 g/mol. The molecule has 0 bridgehead atoms. The van der Waals surface area contributed by atoms with Crippen molar-refractivity contribution in [2.75, 3.05) is 26.7 Å². The summed E-state index contributed by atoms with van der Waals surface area (Å²) in [6, 6.07) is 10.1. The molecule has 1 aliphatic heterocycles. The lowest BCUT2D eigenvalue weighted by Crippen LogP contribution is -2.44. The highest BCUT2D eigenvalue weighted by Gasteiger charge is 2.28. The SMILES string of the molecule is CC(Cc1ccccc1)C(=O)N(C)CC1CCN(C(=O)OC(C)(C)C)CC1. The molecular formula is C22H34N2O3. The van der Waals surface area contributed by atoms with E-state index in [1.165, 1.54) is 5.56 Å². The maximum atomic E-state index is 12.7. The molecule has 27 heavy (non-hydrogen) atoms. The maximum Gasteiger partial charge on any atom is 0.410 e. The number of likely N-dealkylation sites (tertiary alicyclic amines) is 1. The topological polar surface area (TPSA) is 49.9 Å². The number of rotatable bonds is 5. The maximum absolute atomic E-state index is 12.7. The second kappa shape index (κ2) is 9.25. The van der Waals surface area contributed by atoms with E-state index in [2.05, 4.69) is 12.1 Å². The third kappa shape index (κ3) is 6.89. The van der Waals surface area contributed by atoms with Crippen LogP contribution in [0.4, 0.5) is 4.79 Å². The molecule has 0 radical (unpaired) electrons. The van der Waals surface area contributed by atoms with Gasteiger partial charge in [-0.15, -0.1) is 0 Å². The fourth-order valence-corrected chi connectivity index (χ4v) is 3.53. The Kier molecular flexibility index (Phi) is 7.28. The molecule has 2 rings (SSSR count). The Labute approximate surface area is 163 Å². The molecule has 1 heterocycles. The van der Waals surface area contributed by atoms with Gasteiger partial charge in [-0.1, -0.05) is 37.3 Å². The Morgan fingerprint density at radius 1 is 1.19 bits per heavy atom. The quantitative estimate of drug-likeness (QED) is 0.783. The predicted molar refractivity (Wildman–Crippen MR) is 107 cm³/mol. The zero-order chi connectivity index (χ0) is 20.0. The summed E-state index contributed by atoms with van der Waals surface area (Å²) < 4.78 is 5.44. The summed E-state index contributed by atoms with van der Waals surface area (Å²) in [4.78, 5) is 28.5. The number of hydrogen-bond acceptors (Lipinski definition) is 3. The summed E-state index contributed by atoms with van der Waals surface area (Å²) in [5, 5.41) is 0. The van der Waals surface area contributed by atoms with E-state index in [4.69, 9.17) is 4.74 Å². The fraction of sp³-hybridized carbons (Fsp3) is 0.636. The first kappa shape index (κ1) is 21.3. The van der Waals surface area contributed by atoms with Crippen LogP contribution in [-0.4, -0.2) is 54.1 Å². The van der Waals surface area contributed by atoms with Gasteiger partial charge in [0.1, 0.15) is 5.60 Å². The van der Waals surface area contributed by atoms with Gasteiger partial charge in [-0.05, 0) is 51.5 Å². The van der Waals surface area contributed by atoms with E-state index >= 15 is 0 Å². The highest BCUT2D eigenvalue weighted by atomic mass is 16.6. The number of nitrogens with zero attached hydrogens (tertiary/aromatic N) is 2. The van der Waals surface area contributed by atoms with Crippen LogP contribution in [0.15, 0.2) is 30.3 Å². The second-order valence-corrected chi connectivity index (χ2v) is 8.72. The highest BCUT2D eigenvalue weighted by Crippen LogP contribution is 2.21. The third-order valence-corrected chi connectivity index (χ3v) is 4.98. The van der Waals surface area contributed by atoms with Gasteiger partial charge < -0.3 is 14.5 Å². The van der Waals surface area contributed by atoms with E-state index in [9.17, 15) is 9.59 Å². The minimum absolute atomic E-state index is 0.0285. The molecular weight excluding hydrogens is 340 g/mol. The van der Waals surface area contributed by atoms with E-state index < -0.39 is 5.60 Å². The predicted octanol–water partition coefficient (Wildman–Crippen LogP) is 3.97. The number of ether oxygens (including phenoxy) is 1. The van der Waals surface area contributed by atoms with Crippen LogP contribution in [-0.2, 0) is 16.0 Å². The first-order valence-electron chi connectivity index (χ1n) is 9.92. The summed E-state index contributed by atoms with van der Waals surface area (Å²) in [6.45, 7) is 9.79. The van der Waals surface area contributed by atoms with Gasteiger partial charge in [0.25, 0.3) is 0 Å². The number of carbonyl (C=O) groups is 2. The van der Waals surface area contributed by atoms with Crippen LogP contribution in [0.25, 0.3) is 0 Å². The Morgan fingerprint density at radius 2 is 1.78 bits per heavy atom. The first-order chi connectivity index (χ1) is 12.7. The number of hydrogen-bond donors (Lipinski definition) is 0. The van der Waals surface area contributed by atoms with Crippen LogP contribution in [0.1, 0.15) is 46.1 Å². The van der Waals surface area contributed by atoms with Gasteiger partial charge in [-0.2, -0.15) is 0 Å². The normalized spacial score (nSPS) is 16.7. The summed E-state index contributed by atoms with van der Waals surface area (Å²) in [7, 11) is 1.89. The molecule has 0 spiro atoms. The Morgan fingerprint density at radius 3 is 2.33 bits per heavy atom. The Hall–Kier alpha value is -2.04. The Balaban J connectivity index is 1.77. The molecule has 1 aromatic carbocycles. The van der Waals surface area contributed by atoms with Gasteiger partial charge in [0, 0.05) is 32.6 Å². The lowest BCUT2D eigenvalue weighted by Gasteiger charge is -2.35. The number of piperidine rings is 1.